The van der Waals surface area contributed by atoms with Crippen molar-refractivity contribution in [1.29, 1.82) is 0 Å². The molecule has 4 heteroatoms. The summed E-state index contributed by atoms with van der Waals surface area (Å²) in [6.07, 6.45) is 0. The summed E-state index contributed by atoms with van der Waals surface area (Å²) in [5, 5.41) is 0. The second-order valence-corrected chi connectivity index (χ2v) is 4.84. The molecule has 0 fully saturated rings. The number of ketones is 1. The van der Waals surface area contributed by atoms with E-state index in [9.17, 15) is 4.79 Å². The normalized spacial score (nSPS) is 12.4. The van der Waals surface area contributed by atoms with Crippen LogP contribution in [0.25, 0.3) is 11.1 Å². The maximum atomic E-state index is 12.3. The molecule has 0 unspecified atom stereocenters. The number of benzene rings is 2. The fraction of sp³-hybridized carbons (Fsp3) is 0. The Labute approximate surface area is 107 Å². The maximum Gasteiger partial charge on any atom is 0.196 e. The van der Waals surface area contributed by atoms with Gasteiger partial charge in [-0.1, -0.05) is 40.2 Å². The van der Waals surface area contributed by atoms with Gasteiger partial charge in [0.15, 0.2) is 5.78 Å². The molecule has 0 amide bonds. The molecule has 84 valence electrons. The lowest BCUT2D eigenvalue weighted by molar-refractivity contribution is 0.104. The number of anilines is 2. The first kappa shape index (κ1) is 10.4. The van der Waals surface area contributed by atoms with Crippen LogP contribution in [0.2, 0.25) is 0 Å². The molecule has 0 radical (unpaired) electrons. The zero-order chi connectivity index (χ0) is 12.2. The second kappa shape index (κ2) is 3.34. The molecule has 3 nitrogen and oxygen atoms in total. The van der Waals surface area contributed by atoms with Crippen LogP contribution in [-0.4, -0.2) is 5.78 Å². The monoisotopic (exact) mass is 288 g/mol. The highest BCUT2D eigenvalue weighted by molar-refractivity contribution is 9.10. The number of hydrogen-bond acceptors (Lipinski definition) is 3. The van der Waals surface area contributed by atoms with Gasteiger partial charge in [0.05, 0.1) is 16.9 Å². The average molecular weight is 289 g/mol. The Bertz CT molecular complexity index is 665. The third-order valence-corrected chi connectivity index (χ3v) is 3.64. The molecule has 0 saturated heterocycles. The Morgan fingerprint density at radius 2 is 1.65 bits per heavy atom. The van der Waals surface area contributed by atoms with E-state index in [2.05, 4.69) is 15.9 Å². The van der Waals surface area contributed by atoms with E-state index in [0.29, 0.717) is 22.5 Å². The van der Waals surface area contributed by atoms with Crippen molar-refractivity contribution in [2.45, 2.75) is 0 Å². The Morgan fingerprint density at radius 1 is 1.00 bits per heavy atom. The summed E-state index contributed by atoms with van der Waals surface area (Å²) >= 11 is 3.44. The van der Waals surface area contributed by atoms with Gasteiger partial charge in [0.2, 0.25) is 0 Å². The van der Waals surface area contributed by atoms with Gasteiger partial charge in [0.25, 0.3) is 0 Å². The largest absolute Gasteiger partial charge is 0.397 e. The molecule has 0 atom stereocenters. The van der Waals surface area contributed by atoms with E-state index in [1.54, 1.807) is 12.1 Å². The van der Waals surface area contributed by atoms with Crippen molar-refractivity contribution in [2.24, 2.45) is 0 Å². The van der Waals surface area contributed by atoms with Gasteiger partial charge in [-0.3, -0.25) is 4.79 Å². The van der Waals surface area contributed by atoms with E-state index >= 15 is 0 Å². The van der Waals surface area contributed by atoms with Crippen molar-refractivity contribution >= 4 is 33.1 Å². The number of carbonyl (C=O) groups excluding carboxylic acids is 1. The molecule has 0 bridgehead atoms. The third-order valence-electron chi connectivity index (χ3n) is 3.02. The Hall–Kier alpha value is -1.81. The summed E-state index contributed by atoms with van der Waals surface area (Å²) in [7, 11) is 0. The zero-order valence-corrected chi connectivity index (χ0v) is 10.4. The van der Waals surface area contributed by atoms with Crippen molar-refractivity contribution in [3.8, 4) is 11.1 Å². The van der Waals surface area contributed by atoms with E-state index in [1.165, 1.54) is 0 Å². The predicted molar refractivity (Wildman–Crippen MR) is 71.8 cm³/mol. The fourth-order valence-electron chi connectivity index (χ4n) is 2.22. The SMILES string of the molecule is Nc1cc(Br)c2c(c1N)C(=O)c1ccccc1-2. The van der Waals surface area contributed by atoms with Crippen LogP contribution >= 0.6 is 15.9 Å². The number of carbonyl (C=O) groups is 1. The number of hydrogen-bond donors (Lipinski definition) is 2. The first-order chi connectivity index (χ1) is 8.11. The summed E-state index contributed by atoms with van der Waals surface area (Å²) < 4.78 is 0.803. The van der Waals surface area contributed by atoms with Crippen molar-refractivity contribution in [2.75, 3.05) is 11.5 Å². The molecule has 0 heterocycles. The van der Waals surface area contributed by atoms with Gasteiger partial charge in [0, 0.05) is 15.6 Å². The van der Waals surface area contributed by atoms with Crippen molar-refractivity contribution < 1.29 is 4.79 Å². The highest BCUT2D eigenvalue weighted by Crippen LogP contribution is 2.45. The van der Waals surface area contributed by atoms with E-state index in [1.807, 2.05) is 18.2 Å². The lowest BCUT2D eigenvalue weighted by Gasteiger charge is -2.08. The number of nitrogen functional groups attached to an aromatic ring is 2. The van der Waals surface area contributed by atoms with Gasteiger partial charge in [-0.2, -0.15) is 0 Å². The van der Waals surface area contributed by atoms with Crippen LogP contribution in [0.5, 0.6) is 0 Å². The van der Waals surface area contributed by atoms with Crippen LogP contribution in [0.15, 0.2) is 34.8 Å². The third kappa shape index (κ3) is 1.24. The molecule has 0 saturated carbocycles. The Balaban J connectivity index is 2.47. The lowest BCUT2D eigenvalue weighted by atomic mass is 10.0. The molecule has 1 aliphatic rings. The van der Waals surface area contributed by atoms with E-state index in [0.717, 1.165) is 15.6 Å². The van der Waals surface area contributed by atoms with Crippen LogP contribution in [0, 0.1) is 0 Å². The van der Waals surface area contributed by atoms with Gasteiger partial charge >= 0.3 is 0 Å². The number of nitrogens with two attached hydrogens (primary N) is 2. The minimum absolute atomic E-state index is 0.0545. The van der Waals surface area contributed by atoms with Gasteiger partial charge < -0.3 is 11.5 Å². The van der Waals surface area contributed by atoms with Crippen LogP contribution in [0.3, 0.4) is 0 Å². The number of halogens is 1. The molecular weight excluding hydrogens is 280 g/mol. The zero-order valence-electron chi connectivity index (χ0n) is 8.83. The number of rotatable bonds is 0. The average Bonchev–Trinajstić information content (AvgIpc) is 2.61. The quantitative estimate of drug-likeness (QED) is 0.625. The van der Waals surface area contributed by atoms with Gasteiger partial charge in [0.1, 0.15) is 0 Å². The molecule has 3 rings (SSSR count). The maximum absolute atomic E-state index is 12.3. The molecular formula is C13H9BrN2O. The van der Waals surface area contributed by atoms with E-state index in [-0.39, 0.29) is 5.78 Å². The highest BCUT2D eigenvalue weighted by Gasteiger charge is 2.31. The van der Waals surface area contributed by atoms with Crippen LogP contribution < -0.4 is 11.5 Å². The molecule has 0 spiro atoms. The minimum Gasteiger partial charge on any atom is -0.397 e. The van der Waals surface area contributed by atoms with Gasteiger partial charge in [-0.15, -0.1) is 0 Å². The molecule has 4 N–H and O–H groups in total. The van der Waals surface area contributed by atoms with Gasteiger partial charge in [-0.25, -0.2) is 0 Å². The van der Waals surface area contributed by atoms with Crippen LogP contribution in [-0.2, 0) is 0 Å². The lowest BCUT2D eigenvalue weighted by Crippen LogP contribution is -2.04. The fourth-order valence-corrected chi connectivity index (χ4v) is 2.88. The van der Waals surface area contributed by atoms with Crippen molar-refractivity contribution in [1.82, 2.24) is 0 Å². The first-order valence-corrected chi connectivity index (χ1v) is 5.92. The second-order valence-electron chi connectivity index (χ2n) is 3.99. The molecule has 0 aromatic heterocycles. The van der Waals surface area contributed by atoms with Crippen LogP contribution in [0.4, 0.5) is 11.4 Å². The summed E-state index contributed by atoms with van der Waals surface area (Å²) in [6, 6.07) is 9.21. The van der Waals surface area contributed by atoms with Crippen molar-refractivity contribution in [3.05, 3.63) is 45.9 Å². The Morgan fingerprint density at radius 3 is 2.35 bits per heavy atom. The molecule has 2 aromatic carbocycles. The Kier molecular flexibility index (Phi) is 2.03. The summed E-state index contributed by atoms with van der Waals surface area (Å²) in [5.41, 5.74) is 15.4. The summed E-state index contributed by atoms with van der Waals surface area (Å²) in [6.45, 7) is 0. The standard InChI is InChI=1S/C13H9BrN2O/c14-8-5-9(15)12(16)11-10(8)6-3-1-2-4-7(6)13(11)17/h1-5H,15-16H2. The topological polar surface area (TPSA) is 69.1 Å². The molecule has 2 aromatic rings. The van der Waals surface area contributed by atoms with E-state index in [4.69, 9.17) is 11.5 Å². The van der Waals surface area contributed by atoms with Crippen LogP contribution in [0.1, 0.15) is 15.9 Å². The molecule has 17 heavy (non-hydrogen) atoms. The molecule has 0 aliphatic heterocycles. The van der Waals surface area contributed by atoms with Gasteiger partial charge in [-0.05, 0) is 11.6 Å². The smallest absolute Gasteiger partial charge is 0.196 e. The first-order valence-electron chi connectivity index (χ1n) is 5.13. The number of fused-ring (bicyclic) bond motifs is 3. The predicted octanol–water partition coefficient (Wildman–Crippen LogP) is 2.82. The summed E-state index contributed by atoms with van der Waals surface area (Å²) in [4.78, 5) is 12.3. The molecule has 1 aliphatic carbocycles. The van der Waals surface area contributed by atoms with E-state index < -0.39 is 0 Å². The highest BCUT2D eigenvalue weighted by atomic mass is 79.9. The van der Waals surface area contributed by atoms with Crippen molar-refractivity contribution in [3.63, 3.8) is 0 Å². The minimum atomic E-state index is -0.0545. The summed E-state index contributed by atoms with van der Waals surface area (Å²) in [5.74, 6) is -0.0545.